The molecule has 2 heteroatoms. The summed E-state index contributed by atoms with van der Waals surface area (Å²) in [5, 5.41) is 0. The number of piperazine rings is 1. The van der Waals surface area contributed by atoms with Crippen LogP contribution in [-0.4, -0.2) is 61.3 Å². The normalized spacial score (nSPS) is 42.0. The van der Waals surface area contributed by atoms with E-state index in [9.17, 15) is 0 Å². The van der Waals surface area contributed by atoms with Crippen LogP contribution in [0, 0.1) is 0 Å². The van der Waals surface area contributed by atoms with Gasteiger partial charge in [-0.1, -0.05) is 25.7 Å². The molecule has 0 amide bonds. The number of nitrogens with zero attached hydrogens (tertiary/aromatic N) is 2. The lowest BCUT2D eigenvalue weighted by atomic mass is 9.77. The lowest BCUT2D eigenvalue weighted by Crippen LogP contribution is -2.79. The number of likely N-dealkylation sites (N-methyl/N-ethyl adjacent to an activating group) is 2. The Morgan fingerprint density at radius 1 is 0.409 bits per heavy atom. The van der Waals surface area contributed by atoms with Crippen molar-refractivity contribution in [2.75, 3.05) is 28.2 Å². The van der Waals surface area contributed by atoms with E-state index in [0.717, 1.165) is 24.2 Å². The Hall–Kier alpha value is -0.0800. The summed E-state index contributed by atoms with van der Waals surface area (Å²) in [6.07, 6.45) is 17.7. The van der Waals surface area contributed by atoms with Crippen LogP contribution in [0.2, 0.25) is 0 Å². The van der Waals surface area contributed by atoms with Crippen molar-refractivity contribution in [3.8, 4) is 0 Å². The van der Waals surface area contributed by atoms with Crippen LogP contribution < -0.4 is 0 Å². The van der Waals surface area contributed by atoms with Crippen molar-refractivity contribution in [1.29, 1.82) is 0 Å². The first-order valence-electron chi connectivity index (χ1n) is 10.1. The van der Waals surface area contributed by atoms with Gasteiger partial charge in [-0.15, -0.1) is 0 Å². The smallest absolute Gasteiger partial charge is 0.141 e. The predicted molar refractivity (Wildman–Crippen MR) is 94.8 cm³/mol. The van der Waals surface area contributed by atoms with Gasteiger partial charge in [0.2, 0.25) is 0 Å². The molecule has 4 atom stereocenters. The Labute approximate surface area is 139 Å². The average Bonchev–Trinajstić information content (AvgIpc) is 2.34. The quantitative estimate of drug-likeness (QED) is 0.584. The highest BCUT2D eigenvalue weighted by Gasteiger charge is 2.59. The van der Waals surface area contributed by atoms with E-state index in [1.165, 1.54) is 86.0 Å². The first-order chi connectivity index (χ1) is 10.5. The average molecular weight is 309 g/mol. The molecule has 0 bridgehead atoms. The van der Waals surface area contributed by atoms with E-state index in [-0.39, 0.29) is 0 Å². The largest absolute Gasteiger partial charge is 0.314 e. The fraction of sp³-hybridized carbons (Fsp3) is 1.00. The van der Waals surface area contributed by atoms with E-state index in [0.29, 0.717) is 0 Å². The predicted octanol–water partition coefficient (Wildman–Crippen LogP) is 4.34. The van der Waals surface area contributed by atoms with Crippen LogP contribution in [0.5, 0.6) is 0 Å². The van der Waals surface area contributed by atoms with Gasteiger partial charge in [-0.3, -0.25) is 0 Å². The topological polar surface area (TPSA) is 0 Å². The molecule has 0 aromatic carbocycles. The number of quaternary nitrogens is 2. The third kappa shape index (κ3) is 2.86. The minimum atomic E-state index is 0.899. The Bertz CT molecular complexity index is 306. The molecule has 2 aliphatic carbocycles. The number of hydrogen-bond donors (Lipinski definition) is 0. The molecule has 22 heavy (non-hydrogen) atoms. The second-order valence-corrected chi connectivity index (χ2v) is 9.51. The summed E-state index contributed by atoms with van der Waals surface area (Å²) in [7, 11) is 10.4. The zero-order valence-corrected chi connectivity index (χ0v) is 15.7. The highest BCUT2D eigenvalue weighted by Crippen LogP contribution is 2.43. The number of rotatable bonds is 0. The van der Waals surface area contributed by atoms with Crippen molar-refractivity contribution < 1.29 is 8.97 Å². The van der Waals surface area contributed by atoms with Gasteiger partial charge >= 0.3 is 0 Å². The van der Waals surface area contributed by atoms with Gasteiger partial charge in [0.15, 0.2) is 0 Å². The lowest BCUT2D eigenvalue weighted by molar-refractivity contribution is -1.07. The second-order valence-electron chi connectivity index (χ2n) is 9.51. The first-order valence-corrected chi connectivity index (χ1v) is 10.1. The Kier molecular flexibility index (Phi) is 4.90. The number of fused-ring (bicyclic) bond motifs is 2. The van der Waals surface area contributed by atoms with E-state index in [1.807, 2.05) is 0 Å². The molecule has 1 heterocycles. The van der Waals surface area contributed by atoms with Gasteiger partial charge in [0.05, 0.1) is 28.2 Å². The SMILES string of the molecule is C[N+]1(C)[C@H]2CCCCCC[C@@H]2[N+](C)(C)[C@H]2CCCCCC[C@@H]21. The van der Waals surface area contributed by atoms with Gasteiger partial charge in [-0.25, -0.2) is 0 Å². The maximum atomic E-state index is 2.59. The van der Waals surface area contributed by atoms with Gasteiger partial charge in [0.25, 0.3) is 0 Å². The molecule has 128 valence electrons. The molecule has 1 saturated heterocycles. The molecule has 0 spiro atoms. The Morgan fingerprint density at radius 3 is 0.864 bits per heavy atom. The van der Waals surface area contributed by atoms with Crippen LogP contribution in [0.4, 0.5) is 0 Å². The fourth-order valence-electron chi connectivity index (χ4n) is 6.49. The Balaban J connectivity index is 1.95. The van der Waals surface area contributed by atoms with E-state index in [1.54, 1.807) is 0 Å². The fourth-order valence-corrected chi connectivity index (χ4v) is 6.49. The molecular formula is C20H40N2+2. The third-order valence-corrected chi connectivity index (χ3v) is 7.81. The van der Waals surface area contributed by atoms with Gasteiger partial charge in [0, 0.05) is 25.7 Å². The number of hydrogen-bond acceptors (Lipinski definition) is 0. The molecule has 2 nitrogen and oxygen atoms in total. The maximum absolute atomic E-state index is 2.59. The van der Waals surface area contributed by atoms with Crippen LogP contribution in [-0.2, 0) is 0 Å². The molecule has 0 aromatic rings. The van der Waals surface area contributed by atoms with Crippen molar-refractivity contribution in [3.05, 3.63) is 0 Å². The molecule has 3 aliphatic rings. The first kappa shape index (κ1) is 16.8. The summed E-state index contributed by atoms with van der Waals surface area (Å²) in [6.45, 7) is 0. The molecule has 0 radical (unpaired) electrons. The second kappa shape index (κ2) is 6.43. The summed E-state index contributed by atoms with van der Waals surface area (Å²) in [4.78, 5) is 0. The van der Waals surface area contributed by atoms with Crippen molar-refractivity contribution in [2.45, 2.75) is 101 Å². The highest BCUT2D eigenvalue weighted by molar-refractivity contribution is 4.87. The monoisotopic (exact) mass is 308 g/mol. The molecule has 0 N–H and O–H groups in total. The van der Waals surface area contributed by atoms with Crippen molar-refractivity contribution in [3.63, 3.8) is 0 Å². The lowest BCUT2D eigenvalue weighted by Gasteiger charge is -2.62. The molecule has 0 unspecified atom stereocenters. The summed E-state index contributed by atoms with van der Waals surface area (Å²) in [5.74, 6) is 0. The van der Waals surface area contributed by atoms with Crippen LogP contribution in [0.15, 0.2) is 0 Å². The molecule has 3 rings (SSSR count). The van der Waals surface area contributed by atoms with Crippen LogP contribution >= 0.6 is 0 Å². The zero-order chi connectivity index (χ0) is 15.8. The summed E-state index contributed by atoms with van der Waals surface area (Å²) >= 11 is 0. The van der Waals surface area contributed by atoms with Gasteiger partial charge < -0.3 is 8.97 Å². The molecule has 0 aromatic heterocycles. The maximum Gasteiger partial charge on any atom is 0.141 e. The van der Waals surface area contributed by atoms with Crippen molar-refractivity contribution >= 4 is 0 Å². The molecular weight excluding hydrogens is 268 g/mol. The summed E-state index contributed by atoms with van der Waals surface area (Å²) in [5.41, 5.74) is 0. The third-order valence-electron chi connectivity index (χ3n) is 7.81. The van der Waals surface area contributed by atoms with Crippen LogP contribution in [0.1, 0.15) is 77.0 Å². The van der Waals surface area contributed by atoms with E-state index < -0.39 is 0 Å². The van der Waals surface area contributed by atoms with E-state index in [2.05, 4.69) is 28.2 Å². The van der Waals surface area contributed by atoms with Gasteiger partial charge in [-0.2, -0.15) is 0 Å². The zero-order valence-electron chi connectivity index (χ0n) is 15.7. The summed E-state index contributed by atoms with van der Waals surface area (Å²) < 4.78 is 2.66. The minimum absolute atomic E-state index is 0.899. The van der Waals surface area contributed by atoms with E-state index in [4.69, 9.17) is 0 Å². The summed E-state index contributed by atoms with van der Waals surface area (Å²) in [6, 6.07) is 3.60. The van der Waals surface area contributed by atoms with Crippen LogP contribution in [0.3, 0.4) is 0 Å². The van der Waals surface area contributed by atoms with Gasteiger partial charge in [-0.05, 0) is 25.7 Å². The van der Waals surface area contributed by atoms with Crippen LogP contribution in [0.25, 0.3) is 0 Å². The molecule has 3 fully saturated rings. The molecule has 1 aliphatic heterocycles. The molecule has 2 saturated carbocycles. The highest BCUT2D eigenvalue weighted by atomic mass is 15.5. The van der Waals surface area contributed by atoms with Gasteiger partial charge in [0.1, 0.15) is 24.2 Å². The minimum Gasteiger partial charge on any atom is -0.314 e. The Morgan fingerprint density at radius 2 is 0.636 bits per heavy atom. The van der Waals surface area contributed by atoms with Crippen molar-refractivity contribution in [1.82, 2.24) is 0 Å². The standard InChI is InChI=1S/C20H40N2/c1-21(2)17-13-9-5-7-11-15-19(17)22(3,4)20-16-12-8-6-10-14-18(20)21/h17-20H,5-16H2,1-4H3/q+2/t17-,18-,19-,20-/m0/s1. The van der Waals surface area contributed by atoms with Crippen molar-refractivity contribution in [2.24, 2.45) is 0 Å². The van der Waals surface area contributed by atoms with E-state index >= 15 is 0 Å².